The predicted molar refractivity (Wildman–Crippen MR) is 138 cm³/mol. The number of hydrogen-bond acceptors (Lipinski definition) is 14. The van der Waals surface area contributed by atoms with E-state index in [1.54, 1.807) is 0 Å². The number of aliphatic carboxylic acids is 1. The first-order valence-corrected chi connectivity index (χ1v) is 12.6. The third-order valence-electron chi connectivity index (χ3n) is 7.02. The van der Waals surface area contributed by atoms with Gasteiger partial charge in [0.05, 0.1) is 12.2 Å². The highest BCUT2D eigenvalue weighted by molar-refractivity contribution is 5.95. The smallest absolute Gasteiger partial charge is 0.404 e. The molecule has 0 saturated carbocycles. The van der Waals surface area contributed by atoms with Crippen LogP contribution >= 0.6 is 0 Å². The van der Waals surface area contributed by atoms with Gasteiger partial charge in [-0.3, -0.25) is 23.9 Å². The molecule has 9 unspecified atom stereocenters. The molecule has 1 aromatic rings. The van der Waals surface area contributed by atoms with E-state index in [-0.39, 0.29) is 12.1 Å². The fourth-order valence-corrected chi connectivity index (χ4v) is 4.60. The molecule has 0 spiro atoms. The Bertz CT molecular complexity index is 1390. The van der Waals surface area contributed by atoms with Crippen molar-refractivity contribution in [3.63, 3.8) is 0 Å². The summed E-state index contributed by atoms with van der Waals surface area (Å²) in [5.74, 6) is -3.89. The van der Waals surface area contributed by atoms with E-state index >= 15 is 0 Å². The zero-order chi connectivity index (χ0) is 32.3. The van der Waals surface area contributed by atoms with Crippen LogP contribution in [0.4, 0.5) is 4.79 Å². The number of hydrogen-bond donors (Lipinski definition) is 10. The maximum absolute atomic E-state index is 13.6. The fourth-order valence-electron chi connectivity index (χ4n) is 4.60. The number of aromatic amines is 1. The molecule has 0 aliphatic carbocycles. The summed E-state index contributed by atoms with van der Waals surface area (Å²) >= 11 is 0. The van der Waals surface area contributed by atoms with Crippen LogP contribution in [0.1, 0.15) is 18.7 Å². The molecule has 0 bridgehead atoms. The molecule has 2 aliphatic heterocycles. The van der Waals surface area contributed by atoms with E-state index in [9.17, 15) is 59.4 Å². The number of amides is 3. The number of H-pyrrole nitrogens is 1. The summed E-state index contributed by atoms with van der Waals surface area (Å²) in [6.07, 6.45) is -10.7. The van der Waals surface area contributed by atoms with E-state index in [4.69, 9.17) is 16.2 Å². The van der Waals surface area contributed by atoms with Crippen LogP contribution < -0.4 is 28.0 Å². The lowest BCUT2D eigenvalue weighted by Crippen LogP contribution is -2.67. The summed E-state index contributed by atoms with van der Waals surface area (Å²) in [6, 6.07) is -5.47. The van der Waals surface area contributed by atoms with E-state index < -0.39 is 103 Å². The molecule has 238 valence electrons. The molecule has 3 rings (SSSR count). The number of nitrogens with two attached hydrogens (primary N) is 2. The molecule has 3 amide bonds. The summed E-state index contributed by atoms with van der Waals surface area (Å²) < 4.78 is 10.6. The highest BCUT2D eigenvalue weighted by atomic mass is 16.6. The maximum Gasteiger partial charge on any atom is 0.404 e. The van der Waals surface area contributed by atoms with E-state index in [1.807, 2.05) is 4.98 Å². The van der Waals surface area contributed by atoms with Gasteiger partial charge in [-0.2, -0.15) is 0 Å². The van der Waals surface area contributed by atoms with Gasteiger partial charge in [-0.05, 0) is 12.5 Å². The van der Waals surface area contributed by atoms with Crippen molar-refractivity contribution in [1.82, 2.24) is 19.8 Å². The van der Waals surface area contributed by atoms with Gasteiger partial charge in [0.1, 0.15) is 49.2 Å². The van der Waals surface area contributed by atoms with Crippen molar-refractivity contribution < 1.29 is 59.3 Å². The summed E-state index contributed by atoms with van der Waals surface area (Å²) in [6.45, 7) is -0.350. The van der Waals surface area contributed by atoms with E-state index in [0.717, 1.165) is 11.1 Å². The highest BCUT2D eigenvalue weighted by Crippen LogP contribution is 2.33. The van der Waals surface area contributed by atoms with Gasteiger partial charge in [0.15, 0.2) is 12.3 Å². The number of carbonyl (C=O) groups is 4. The highest BCUT2D eigenvalue weighted by Gasteiger charge is 2.54. The van der Waals surface area contributed by atoms with Gasteiger partial charge in [-0.15, -0.1) is 0 Å². The number of allylic oxidation sites excluding steroid dienone is 1. The SMILES string of the molecule is C/C=C1\CN(C(=O)C(NC(=O)C(N)C(O)C(O)COC(N)=O)C2OC(n3cc(CO)c(=O)[nH]c3=O)C(O)C2O)C1C(=O)O. The van der Waals surface area contributed by atoms with Gasteiger partial charge < -0.3 is 61.8 Å². The standard InChI is InChI=1S/C23H32N6O14/c1-2-7-3-28(12(7)21(38)39)19(37)11(26-18(36)10(24)13(32)9(31)6-42-22(25)40)16-14(33)15(34)20(43-16)29-4-8(5-30)17(35)27-23(29)41/h2,4,9-16,20,30-34H,3,5-6,24H2,1H3,(H2,25,40)(H,26,36)(H,38,39)(H,27,35,41)/b7-2+. The molecule has 20 heteroatoms. The third kappa shape index (κ3) is 6.74. The van der Waals surface area contributed by atoms with Crippen LogP contribution in [-0.4, -0.2) is 131 Å². The number of nitrogens with zero attached hydrogens (tertiary/aromatic N) is 2. The number of carbonyl (C=O) groups excluding carboxylic acids is 3. The molecular weight excluding hydrogens is 584 g/mol. The number of aliphatic hydroxyl groups is 5. The van der Waals surface area contributed by atoms with Crippen molar-refractivity contribution in [2.24, 2.45) is 11.5 Å². The van der Waals surface area contributed by atoms with E-state index in [0.29, 0.717) is 10.1 Å². The van der Waals surface area contributed by atoms with Crippen LogP contribution in [0.25, 0.3) is 0 Å². The van der Waals surface area contributed by atoms with Crippen molar-refractivity contribution in [3.8, 4) is 0 Å². The largest absolute Gasteiger partial charge is 0.479 e. The van der Waals surface area contributed by atoms with Crippen molar-refractivity contribution in [3.05, 3.63) is 44.2 Å². The number of primary amides is 1. The molecule has 0 aromatic carbocycles. The Morgan fingerprint density at radius 1 is 1.23 bits per heavy atom. The Hall–Kier alpha value is -4.18. The summed E-state index contributed by atoms with van der Waals surface area (Å²) in [5.41, 5.74) is 8.46. The number of aromatic nitrogens is 2. The minimum atomic E-state index is -2.09. The number of rotatable bonds is 11. The zero-order valence-electron chi connectivity index (χ0n) is 22.5. The van der Waals surface area contributed by atoms with E-state index in [1.165, 1.54) is 13.0 Å². The summed E-state index contributed by atoms with van der Waals surface area (Å²) in [4.78, 5) is 76.2. The average Bonchev–Trinajstić information content (AvgIpc) is 3.22. The number of aliphatic hydroxyl groups excluding tert-OH is 5. The Morgan fingerprint density at radius 3 is 2.44 bits per heavy atom. The molecule has 43 heavy (non-hydrogen) atoms. The number of carboxylic acids is 1. The topological polar surface area (TPSA) is 330 Å². The van der Waals surface area contributed by atoms with E-state index in [2.05, 4.69) is 10.1 Å². The van der Waals surface area contributed by atoms with Crippen LogP contribution in [0.15, 0.2) is 27.4 Å². The molecule has 9 atom stereocenters. The van der Waals surface area contributed by atoms with Gasteiger partial charge in [0.25, 0.3) is 5.56 Å². The molecule has 2 saturated heterocycles. The number of nitrogens with one attached hydrogen (secondary N) is 2. The first-order valence-electron chi connectivity index (χ1n) is 12.6. The normalized spacial score (nSPS) is 27.1. The molecule has 1 aromatic heterocycles. The minimum absolute atomic E-state index is 0.204. The molecule has 20 nitrogen and oxygen atoms in total. The van der Waals surface area contributed by atoms with Crippen molar-refractivity contribution in [2.75, 3.05) is 13.2 Å². The van der Waals surface area contributed by atoms with Crippen LogP contribution in [0, 0.1) is 0 Å². The van der Waals surface area contributed by atoms with Gasteiger partial charge in [0, 0.05) is 12.7 Å². The Balaban J connectivity index is 1.95. The third-order valence-corrected chi connectivity index (χ3v) is 7.02. The molecule has 12 N–H and O–H groups in total. The second-order valence-corrected chi connectivity index (χ2v) is 9.72. The molecule has 3 heterocycles. The first kappa shape index (κ1) is 33.3. The van der Waals surface area contributed by atoms with Gasteiger partial charge in [0.2, 0.25) is 11.8 Å². The predicted octanol–water partition coefficient (Wildman–Crippen LogP) is -6.48. The minimum Gasteiger partial charge on any atom is -0.479 e. The lowest BCUT2D eigenvalue weighted by Gasteiger charge is -2.43. The molecule has 2 fully saturated rings. The Kier molecular flexibility index (Phi) is 10.4. The maximum atomic E-state index is 13.6. The summed E-state index contributed by atoms with van der Waals surface area (Å²) in [5, 5.41) is 63.0. The lowest BCUT2D eigenvalue weighted by molar-refractivity contribution is -0.157. The lowest BCUT2D eigenvalue weighted by atomic mass is 9.92. The van der Waals surface area contributed by atoms with Gasteiger partial charge in [-0.1, -0.05) is 6.08 Å². The average molecular weight is 617 g/mol. The number of ether oxygens (including phenoxy) is 2. The van der Waals surface area contributed by atoms with Crippen LogP contribution in [0.2, 0.25) is 0 Å². The molecule has 2 aliphatic rings. The Morgan fingerprint density at radius 2 is 1.88 bits per heavy atom. The second-order valence-electron chi connectivity index (χ2n) is 9.72. The van der Waals surface area contributed by atoms with Crippen LogP contribution in [0.3, 0.4) is 0 Å². The fraction of sp³-hybridized carbons (Fsp3) is 0.565. The second kappa shape index (κ2) is 13.4. The molecular formula is C23H32N6O14. The van der Waals surface area contributed by atoms with Crippen LogP contribution in [-0.2, 0) is 30.5 Å². The quantitative estimate of drug-likeness (QED) is 0.103. The first-order chi connectivity index (χ1) is 20.1. The monoisotopic (exact) mass is 616 g/mol. The Labute approximate surface area is 240 Å². The van der Waals surface area contributed by atoms with Crippen LogP contribution in [0.5, 0.6) is 0 Å². The van der Waals surface area contributed by atoms with Crippen molar-refractivity contribution in [2.45, 2.75) is 68.4 Å². The van der Waals surface area contributed by atoms with Crippen molar-refractivity contribution >= 4 is 23.9 Å². The van der Waals surface area contributed by atoms with Crippen molar-refractivity contribution in [1.29, 1.82) is 0 Å². The van der Waals surface area contributed by atoms with Gasteiger partial charge in [-0.25, -0.2) is 14.4 Å². The number of likely N-dealkylation sites (tertiary alicyclic amines) is 1. The summed E-state index contributed by atoms with van der Waals surface area (Å²) in [7, 11) is 0. The zero-order valence-corrected chi connectivity index (χ0v) is 22.5. The van der Waals surface area contributed by atoms with Gasteiger partial charge >= 0.3 is 17.8 Å². The number of carboxylic acid groups (broad SMARTS) is 1. The molecule has 0 radical (unpaired) electrons.